The van der Waals surface area contributed by atoms with E-state index in [1.54, 1.807) is 0 Å². The molecule has 0 bridgehead atoms. The Kier molecular flexibility index (Phi) is 7.39. The minimum Gasteiger partial charge on any atom is -0.493 e. The van der Waals surface area contributed by atoms with Crippen molar-refractivity contribution in [2.45, 2.75) is 12.6 Å². The molecule has 0 saturated heterocycles. The van der Waals surface area contributed by atoms with Gasteiger partial charge in [0, 0.05) is 6.07 Å². The predicted molar refractivity (Wildman–Crippen MR) is 51.3 cm³/mol. The summed E-state index contributed by atoms with van der Waals surface area (Å²) in [6.07, 6.45) is -5.70. The van der Waals surface area contributed by atoms with Crippen molar-refractivity contribution in [3.05, 3.63) is 24.0 Å². The molecule has 0 spiro atoms. The van der Waals surface area contributed by atoms with E-state index in [9.17, 15) is 30.5 Å². The molecule has 1 nitrogen and oxygen atoms in total. The van der Waals surface area contributed by atoms with E-state index in [1.165, 1.54) is 0 Å². The third-order valence-electron chi connectivity index (χ3n) is 1.98. The molecule has 0 saturated carbocycles. The molecule has 0 aromatic heterocycles. The maximum Gasteiger partial charge on any atom is 1.00 e. The van der Waals surface area contributed by atoms with Gasteiger partial charge in [-0.25, -0.2) is 4.39 Å². The normalized spacial score (nSPS) is 11.9. The van der Waals surface area contributed by atoms with Crippen molar-refractivity contribution in [3.63, 3.8) is 0 Å². The summed E-state index contributed by atoms with van der Waals surface area (Å²) in [7, 11) is 0. The van der Waals surface area contributed by atoms with Crippen LogP contribution in [0.2, 0.25) is 0 Å². The Labute approximate surface area is 147 Å². The Balaban J connectivity index is 0.00000324. The molecule has 0 atom stereocenters. The zero-order chi connectivity index (χ0) is 14.0. The largest absolute Gasteiger partial charge is 1.00 e. The van der Waals surface area contributed by atoms with Gasteiger partial charge in [0.15, 0.2) is 0 Å². The van der Waals surface area contributed by atoms with Crippen molar-refractivity contribution < 1.29 is 86.6 Å². The van der Waals surface area contributed by atoms with Gasteiger partial charge in [0.05, 0.1) is 18.8 Å². The van der Waals surface area contributed by atoms with Crippen LogP contribution in [-0.2, 0) is 0 Å². The van der Waals surface area contributed by atoms with Gasteiger partial charge in [0.1, 0.15) is 5.75 Å². The number of alkyl halides is 3. The van der Waals surface area contributed by atoms with E-state index in [1.807, 2.05) is 0 Å². The van der Waals surface area contributed by atoms with Crippen LogP contribution < -0.4 is 61.6 Å². The zero-order valence-corrected chi connectivity index (χ0v) is 12.9. The van der Waals surface area contributed by atoms with Crippen molar-refractivity contribution in [1.29, 1.82) is 0 Å². The van der Waals surface area contributed by atoms with Gasteiger partial charge in [-0.2, -0.15) is 13.2 Å². The average molecular weight is 314 g/mol. The summed E-state index contributed by atoms with van der Waals surface area (Å²) in [4.78, 5) is 0. The number of ether oxygens (including phenoxy) is 1. The molecular weight excluding hydrogens is 307 g/mol. The van der Waals surface area contributed by atoms with E-state index < -0.39 is 37.5 Å². The maximum atomic E-state index is 13.0. The second kappa shape index (κ2) is 7.30. The van der Waals surface area contributed by atoms with E-state index in [-0.39, 0.29) is 57.1 Å². The average Bonchev–Trinajstić information content (AvgIpc) is 2.13. The standard InChI is InChI=1S/C9H7BF7O.K/c11-8-5-6(18-4-3-9(12,13)14)1-2-7(8)10(15,16)17;/h1-2,5H,3-4H2;/q-1;+1. The number of hydrogen-bond acceptors (Lipinski definition) is 1. The van der Waals surface area contributed by atoms with Gasteiger partial charge >= 0.3 is 64.5 Å². The summed E-state index contributed by atoms with van der Waals surface area (Å²) in [5.74, 6) is -1.94. The van der Waals surface area contributed by atoms with Crippen LogP contribution in [0.5, 0.6) is 5.75 Å². The van der Waals surface area contributed by atoms with Crippen LogP contribution in [0.3, 0.4) is 0 Å². The van der Waals surface area contributed by atoms with Crippen LogP contribution in [0, 0.1) is 5.82 Å². The van der Waals surface area contributed by atoms with Crippen molar-refractivity contribution >= 4 is 12.4 Å². The zero-order valence-electron chi connectivity index (χ0n) is 9.78. The molecule has 0 fully saturated rings. The maximum absolute atomic E-state index is 13.0. The topological polar surface area (TPSA) is 9.23 Å². The number of hydrogen-bond donors (Lipinski definition) is 0. The smallest absolute Gasteiger partial charge is 0.493 e. The van der Waals surface area contributed by atoms with Crippen LogP contribution in [0.15, 0.2) is 18.2 Å². The van der Waals surface area contributed by atoms with E-state index in [4.69, 9.17) is 0 Å². The van der Waals surface area contributed by atoms with Gasteiger partial charge in [-0.15, -0.1) is 0 Å². The fraction of sp³-hybridized carbons (Fsp3) is 0.333. The molecule has 1 aromatic rings. The molecule has 0 aliphatic rings. The number of benzene rings is 1. The summed E-state index contributed by atoms with van der Waals surface area (Å²) >= 11 is 0. The van der Waals surface area contributed by atoms with Crippen LogP contribution in [0.1, 0.15) is 6.42 Å². The molecule has 0 N–H and O–H groups in total. The third-order valence-corrected chi connectivity index (χ3v) is 1.98. The number of halogens is 7. The molecule has 102 valence electrons. The first kappa shape index (κ1) is 19.2. The summed E-state index contributed by atoms with van der Waals surface area (Å²) in [6.45, 7) is -6.27. The van der Waals surface area contributed by atoms with Crippen LogP contribution >= 0.6 is 0 Å². The summed E-state index contributed by atoms with van der Waals surface area (Å²) < 4.78 is 89.4. The first-order valence-corrected chi connectivity index (χ1v) is 4.78. The Bertz CT molecular complexity index is 418. The number of rotatable bonds is 4. The van der Waals surface area contributed by atoms with Crippen LogP contribution in [0.25, 0.3) is 0 Å². The van der Waals surface area contributed by atoms with Gasteiger partial charge in [-0.05, 0) is 6.07 Å². The first-order valence-electron chi connectivity index (χ1n) is 4.78. The SMILES string of the molecule is Fc1cc(OCCC(F)(F)F)ccc1[B-](F)(F)F.[K+]. The Morgan fingerprint density at radius 2 is 1.68 bits per heavy atom. The van der Waals surface area contributed by atoms with Crippen molar-refractivity contribution in [2.24, 2.45) is 0 Å². The molecule has 0 aliphatic carbocycles. The fourth-order valence-electron chi connectivity index (χ4n) is 1.15. The van der Waals surface area contributed by atoms with Crippen molar-refractivity contribution in [2.75, 3.05) is 6.61 Å². The Morgan fingerprint density at radius 3 is 2.11 bits per heavy atom. The molecule has 1 aromatic carbocycles. The molecular formula is C9H7BF7KO. The Hall–Kier alpha value is 0.231. The minimum atomic E-state index is -5.49. The monoisotopic (exact) mass is 314 g/mol. The molecule has 0 radical (unpaired) electrons. The second-order valence-electron chi connectivity index (χ2n) is 3.47. The summed E-state index contributed by atoms with van der Waals surface area (Å²) in [6, 6.07) is 1.64. The molecule has 0 amide bonds. The van der Waals surface area contributed by atoms with Gasteiger partial charge in [0.2, 0.25) is 0 Å². The first-order chi connectivity index (χ1) is 8.09. The molecule has 1 rings (SSSR count). The predicted octanol–water partition coefficient (Wildman–Crippen LogP) is 0.215. The molecule has 10 heteroatoms. The van der Waals surface area contributed by atoms with E-state index in [0.29, 0.717) is 12.1 Å². The van der Waals surface area contributed by atoms with E-state index in [0.717, 1.165) is 6.07 Å². The van der Waals surface area contributed by atoms with Gasteiger partial charge in [-0.3, -0.25) is 0 Å². The molecule has 0 heterocycles. The van der Waals surface area contributed by atoms with Crippen molar-refractivity contribution in [3.8, 4) is 5.75 Å². The summed E-state index contributed by atoms with van der Waals surface area (Å²) in [5.41, 5.74) is -1.43. The Morgan fingerprint density at radius 1 is 1.11 bits per heavy atom. The molecule has 0 aliphatic heterocycles. The van der Waals surface area contributed by atoms with Gasteiger partial charge < -0.3 is 17.7 Å². The van der Waals surface area contributed by atoms with E-state index in [2.05, 4.69) is 4.74 Å². The van der Waals surface area contributed by atoms with Gasteiger partial charge in [0.25, 0.3) is 0 Å². The summed E-state index contributed by atoms with van der Waals surface area (Å²) in [5, 5.41) is 0. The molecule has 19 heavy (non-hydrogen) atoms. The van der Waals surface area contributed by atoms with E-state index >= 15 is 0 Å². The fourth-order valence-corrected chi connectivity index (χ4v) is 1.15. The van der Waals surface area contributed by atoms with Crippen molar-refractivity contribution in [1.82, 2.24) is 0 Å². The second-order valence-corrected chi connectivity index (χ2v) is 3.47. The minimum absolute atomic E-state index is 0. The quantitative estimate of drug-likeness (QED) is 0.571. The van der Waals surface area contributed by atoms with Crippen LogP contribution in [-0.4, -0.2) is 19.8 Å². The van der Waals surface area contributed by atoms with Crippen LogP contribution in [0.4, 0.5) is 30.5 Å². The van der Waals surface area contributed by atoms with Gasteiger partial charge in [-0.1, -0.05) is 11.5 Å². The molecule has 0 unspecified atom stereocenters. The third kappa shape index (κ3) is 6.98.